The van der Waals surface area contributed by atoms with E-state index in [2.05, 4.69) is 15.5 Å². The molecule has 1 N–H and O–H groups in total. The molecule has 1 aromatic carbocycles. The minimum absolute atomic E-state index is 0.264. The third-order valence-corrected chi connectivity index (χ3v) is 2.55. The summed E-state index contributed by atoms with van der Waals surface area (Å²) in [7, 11) is 0. The van der Waals surface area contributed by atoms with E-state index in [1.165, 1.54) is 0 Å². The topological polar surface area (TPSA) is 80.9 Å². The standard InChI is InChI=1S/C11H12N4O2/c1-3-10-12-13-14-15(10)8-5-4-7(2)9(6-8)11(16)17/h4-6H,3H2,1-2H3,(H,16,17). The van der Waals surface area contributed by atoms with Crippen molar-refractivity contribution in [3.05, 3.63) is 35.2 Å². The first kappa shape index (κ1) is 11.3. The lowest BCUT2D eigenvalue weighted by atomic mass is 10.1. The normalized spacial score (nSPS) is 10.5. The molecule has 2 rings (SSSR count). The molecule has 0 bridgehead atoms. The molecule has 0 saturated heterocycles. The zero-order valence-corrected chi connectivity index (χ0v) is 9.58. The van der Waals surface area contributed by atoms with Gasteiger partial charge in [0, 0.05) is 6.42 Å². The van der Waals surface area contributed by atoms with E-state index in [1.54, 1.807) is 29.8 Å². The minimum atomic E-state index is -0.949. The van der Waals surface area contributed by atoms with E-state index in [9.17, 15) is 4.79 Å². The van der Waals surface area contributed by atoms with Gasteiger partial charge >= 0.3 is 5.97 Å². The van der Waals surface area contributed by atoms with Gasteiger partial charge in [-0.05, 0) is 35.0 Å². The van der Waals surface area contributed by atoms with Crippen molar-refractivity contribution in [1.29, 1.82) is 0 Å². The van der Waals surface area contributed by atoms with Gasteiger partial charge in [-0.2, -0.15) is 4.68 Å². The fraction of sp³-hybridized carbons (Fsp3) is 0.273. The number of benzene rings is 1. The van der Waals surface area contributed by atoms with Gasteiger partial charge < -0.3 is 5.11 Å². The predicted octanol–water partition coefficient (Wildman–Crippen LogP) is 1.23. The quantitative estimate of drug-likeness (QED) is 0.860. The summed E-state index contributed by atoms with van der Waals surface area (Å²) in [4.78, 5) is 11.0. The molecule has 1 heterocycles. The first-order valence-electron chi connectivity index (χ1n) is 5.25. The fourth-order valence-electron chi connectivity index (χ4n) is 1.60. The summed E-state index contributed by atoms with van der Waals surface area (Å²) in [6.07, 6.45) is 0.684. The summed E-state index contributed by atoms with van der Waals surface area (Å²) < 4.78 is 1.55. The van der Waals surface area contributed by atoms with E-state index in [4.69, 9.17) is 5.11 Å². The van der Waals surface area contributed by atoms with Gasteiger partial charge in [-0.15, -0.1) is 5.10 Å². The van der Waals surface area contributed by atoms with Crippen molar-refractivity contribution in [3.63, 3.8) is 0 Å². The Bertz CT molecular complexity index is 562. The molecule has 0 amide bonds. The zero-order valence-electron chi connectivity index (χ0n) is 9.58. The average Bonchev–Trinajstić information content (AvgIpc) is 2.77. The molecule has 6 nitrogen and oxygen atoms in total. The smallest absolute Gasteiger partial charge is 0.336 e. The highest BCUT2D eigenvalue weighted by Gasteiger charge is 2.11. The van der Waals surface area contributed by atoms with E-state index in [-0.39, 0.29) is 5.56 Å². The molecule has 88 valence electrons. The number of aromatic nitrogens is 4. The SMILES string of the molecule is CCc1nnnn1-c1ccc(C)c(C(=O)O)c1. The monoisotopic (exact) mass is 232 g/mol. The molecule has 0 aliphatic carbocycles. The van der Waals surface area contributed by atoms with Gasteiger partial charge in [0.2, 0.25) is 0 Å². The van der Waals surface area contributed by atoms with Crippen LogP contribution in [0.4, 0.5) is 0 Å². The number of rotatable bonds is 3. The number of carboxylic acid groups (broad SMARTS) is 1. The van der Waals surface area contributed by atoms with Crippen molar-refractivity contribution in [2.75, 3.05) is 0 Å². The summed E-state index contributed by atoms with van der Waals surface area (Å²) in [5.41, 5.74) is 1.64. The molecule has 17 heavy (non-hydrogen) atoms. The number of carboxylic acids is 1. The van der Waals surface area contributed by atoms with Gasteiger partial charge in [-0.1, -0.05) is 13.0 Å². The van der Waals surface area contributed by atoms with Crippen molar-refractivity contribution < 1.29 is 9.90 Å². The first-order valence-corrected chi connectivity index (χ1v) is 5.25. The van der Waals surface area contributed by atoms with Gasteiger partial charge in [0.05, 0.1) is 11.3 Å². The van der Waals surface area contributed by atoms with Crippen molar-refractivity contribution in [2.45, 2.75) is 20.3 Å². The average molecular weight is 232 g/mol. The van der Waals surface area contributed by atoms with Gasteiger partial charge in [0.25, 0.3) is 0 Å². The molecule has 0 atom stereocenters. The fourth-order valence-corrected chi connectivity index (χ4v) is 1.60. The molecular formula is C11H12N4O2. The van der Waals surface area contributed by atoms with Crippen molar-refractivity contribution in [1.82, 2.24) is 20.2 Å². The highest BCUT2D eigenvalue weighted by molar-refractivity contribution is 5.90. The molecule has 0 saturated carbocycles. The second kappa shape index (κ2) is 4.32. The highest BCUT2D eigenvalue weighted by Crippen LogP contribution is 2.15. The maximum atomic E-state index is 11.0. The van der Waals surface area contributed by atoms with Crippen molar-refractivity contribution in [2.24, 2.45) is 0 Å². The van der Waals surface area contributed by atoms with E-state index in [0.29, 0.717) is 23.5 Å². The number of hydrogen-bond acceptors (Lipinski definition) is 4. The Morgan fingerprint density at radius 2 is 2.24 bits per heavy atom. The molecule has 0 radical (unpaired) electrons. The Morgan fingerprint density at radius 1 is 1.47 bits per heavy atom. The van der Waals surface area contributed by atoms with Crippen LogP contribution < -0.4 is 0 Å². The van der Waals surface area contributed by atoms with Crippen LogP contribution in [-0.4, -0.2) is 31.3 Å². The van der Waals surface area contributed by atoms with Crippen LogP contribution in [0.15, 0.2) is 18.2 Å². The third-order valence-electron chi connectivity index (χ3n) is 2.55. The summed E-state index contributed by atoms with van der Waals surface area (Å²) in [5, 5.41) is 20.3. The van der Waals surface area contributed by atoms with Crippen LogP contribution in [0.1, 0.15) is 28.7 Å². The Morgan fingerprint density at radius 3 is 2.88 bits per heavy atom. The van der Waals surface area contributed by atoms with E-state index < -0.39 is 5.97 Å². The Labute approximate surface area is 97.9 Å². The largest absolute Gasteiger partial charge is 0.478 e. The van der Waals surface area contributed by atoms with Gasteiger partial charge in [0.15, 0.2) is 5.82 Å². The lowest BCUT2D eigenvalue weighted by molar-refractivity contribution is 0.0696. The van der Waals surface area contributed by atoms with Crippen LogP contribution in [-0.2, 0) is 6.42 Å². The van der Waals surface area contributed by atoms with Crippen LogP contribution in [0.3, 0.4) is 0 Å². The molecule has 1 aromatic heterocycles. The number of carbonyl (C=O) groups is 1. The zero-order chi connectivity index (χ0) is 12.4. The summed E-state index contributed by atoms with van der Waals surface area (Å²) in [6.45, 7) is 3.70. The number of hydrogen-bond donors (Lipinski definition) is 1. The Balaban J connectivity index is 2.54. The predicted molar refractivity (Wildman–Crippen MR) is 60.2 cm³/mol. The number of nitrogens with zero attached hydrogens (tertiary/aromatic N) is 4. The summed E-state index contributed by atoms with van der Waals surface area (Å²) in [6, 6.07) is 5.13. The number of aromatic carboxylic acids is 1. The maximum absolute atomic E-state index is 11.0. The maximum Gasteiger partial charge on any atom is 0.336 e. The molecule has 0 fully saturated rings. The lowest BCUT2D eigenvalue weighted by Gasteiger charge is -2.06. The third kappa shape index (κ3) is 2.01. The minimum Gasteiger partial charge on any atom is -0.478 e. The highest BCUT2D eigenvalue weighted by atomic mass is 16.4. The van der Waals surface area contributed by atoms with Crippen LogP contribution in [0, 0.1) is 6.92 Å². The van der Waals surface area contributed by atoms with Crippen LogP contribution in [0.5, 0.6) is 0 Å². The van der Waals surface area contributed by atoms with Crippen molar-refractivity contribution in [3.8, 4) is 5.69 Å². The van der Waals surface area contributed by atoms with E-state index in [1.807, 2.05) is 6.92 Å². The number of tetrazole rings is 1. The second-order valence-electron chi connectivity index (χ2n) is 3.66. The molecule has 2 aromatic rings. The molecule has 0 aliphatic heterocycles. The molecule has 0 aliphatic rings. The first-order chi connectivity index (χ1) is 8.13. The van der Waals surface area contributed by atoms with E-state index in [0.717, 1.165) is 0 Å². The Kier molecular flexibility index (Phi) is 2.86. The van der Waals surface area contributed by atoms with Crippen molar-refractivity contribution >= 4 is 5.97 Å². The Hall–Kier alpha value is -2.24. The van der Waals surface area contributed by atoms with Crippen LogP contribution >= 0.6 is 0 Å². The molecule has 6 heteroatoms. The molecular weight excluding hydrogens is 220 g/mol. The van der Waals surface area contributed by atoms with Gasteiger partial charge in [-0.25, -0.2) is 4.79 Å². The van der Waals surface area contributed by atoms with Gasteiger partial charge in [0.1, 0.15) is 0 Å². The van der Waals surface area contributed by atoms with Crippen LogP contribution in [0.2, 0.25) is 0 Å². The lowest BCUT2D eigenvalue weighted by Crippen LogP contribution is -2.06. The summed E-state index contributed by atoms with van der Waals surface area (Å²) in [5.74, 6) is -0.249. The van der Waals surface area contributed by atoms with Crippen LogP contribution in [0.25, 0.3) is 5.69 Å². The second-order valence-corrected chi connectivity index (χ2v) is 3.66. The van der Waals surface area contributed by atoms with E-state index >= 15 is 0 Å². The summed E-state index contributed by atoms with van der Waals surface area (Å²) >= 11 is 0. The molecule has 0 spiro atoms. The van der Waals surface area contributed by atoms with Gasteiger partial charge in [-0.3, -0.25) is 0 Å². The number of aryl methyl sites for hydroxylation is 2. The molecule has 0 unspecified atom stereocenters.